The molecule has 0 saturated carbocycles. The van der Waals surface area contributed by atoms with Gasteiger partial charge in [0.15, 0.2) is 0 Å². The van der Waals surface area contributed by atoms with Gasteiger partial charge in [0, 0.05) is 24.2 Å². The first-order valence-electron chi connectivity index (χ1n) is 8.81. The zero-order chi connectivity index (χ0) is 18.0. The van der Waals surface area contributed by atoms with Crippen LogP contribution in [0.15, 0.2) is 42.5 Å². The van der Waals surface area contributed by atoms with E-state index in [0.717, 1.165) is 28.8 Å². The number of aryl methyl sites for hydroxylation is 1. The second-order valence-corrected chi connectivity index (χ2v) is 6.54. The molecule has 1 aliphatic rings. The van der Waals surface area contributed by atoms with E-state index in [1.165, 1.54) is 0 Å². The SMILES string of the molecule is CCC(=O)N1CCc2cc(C(=O)N[C@H](C)c3ccccc3C)ccc21. The predicted molar refractivity (Wildman–Crippen MR) is 99.9 cm³/mol. The number of hydrogen-bond donors (Lipinski definition) is 1. The van der Waals surface area contributed by atoms with E-state index in [9.17, 15) is 9.59 Å². The number of carbonyl (C=O) groups is 2. The fourth-order valence-electron chi connectivity index (χ4n) is 3.42. The molecule has 2 aromatic carbocycles. The molecule has 25 heavy (non-hydrogen) atoms. The Hall–Kier alpha value is -2.62. The highest BCUT2D eigenvalue weighted by atomic mass is 16.2. The monoisotopic (exact) mass is 336 g/mol. The van der Waals surface area contributed by atoms with Crippen molar-refractivity contribution in [2.45, 2.75) is 39.7 Å². The van der Waals surface area contributed by atoms with Crippen LogP contribution in [0.2, 0.25) is 0 Å². The van der Waals surface area contributed by atoms with E-state index in [-0.39, 0.29) is 17.9 Å². The van der Waals surface area contributed by atoms with Crippen LogP contribution in [0.4, 0.5) is 5.69 Å². The lowest BCUT2D eigenvalue weighted by Crippen LogP contribution is -2.28. The molecule has 4 nitrogen and oxygen atoms in total. The van der Waals surface area contributed by atoms with Crippen LogP contribution in [0.5, 0.6) is 0 Å². The first-order valence-corrected chi connectivity index (χ1v) is 8.81. The predicted octanol–water partition coefficient (Wildman–Crippen LogP) is 3.79. The molecule has 1 N–H and O–H groups in total. The lowest BCUT2D eigenvalue weighted by Gasteiger charge is -2.18. The first-order chi connectivity index (χ1) is 12.0. The molecule has 130 valence electrons. The number of fused-ring (bicyclic) bond motifs is 1. The van der Waals surface area contributed by atoms with Crippen LogP contribution in [-0.2, 0) is 11.2 Å². The number of benzene rings is 2. The van der Waals surface area contributed by atoms with Crippen molar-refractivity contribution in [3.05, 3.63) is 64.7 Å². The Bertz CT molecular complexity index is 813. The Morgan fingerprint density at radius 3 is 2.68 bits per heavy atom. The van der Waals surface area contributed by atoms with Crippen LogP contribution in [0.1, 0.15) is 53.4 Å². The molecule has 3 rings (SSSR count). The lowest BCUT2D eigenvalue weighted by molar-refractivity contribution is -0.118. The van der Waals surface area contributed by atoms with Crippen LogP contribution in [0, 0.1) is 6.92 Å². The number of nitrogens with zero attached hydrogens (tertiary/aromatic N) is 1. The van der Waals surface area contributed by atoms with E-state index in [2.05, 4.69) is 5.32 Å². The summed E-state index contributed by atoms with van der Waals surface area (Å²) in [7, 11) is 0. The highest BCUT2D eigenvalue weighted by Crippen LogP contribution is 2.29. The molecule has 0 aliphatic carbocycles. The molecule has 4 heteroatoms. The molecule has 0 spiro atoms. The fourth-order valence-corrected chi connectivity index (χ4v) is 3.42. The van der Waals surface area contributed by atoms with Gasteiger partial charge in [-0.05, 0) is 55.2 Å². The Morgan fingerprint density at radius 1 is 1.20 bits per heavy atom. The van der Waals surface area contributed by atoms with Gasteiger partial charge < -0.3 is 10.2 Å². The van der Waals surface area contributed by atoms with Gasteiger partial charge in [0.2, 0.25) is 5.91 Å². The molecule has 0 fully saturated rings. The molecule has 0 saturated heterocycles. The molecule has 1 aliphatic heterocycles. The van der Waals surface area contributed by atoms with Gasteiger partial charge in [0.1, 0.15) is 0 Å². The second kappa shape index (κ2) is 7.09. The summed E-state index contributed by atoms with van der Waals surface area (Å²) in [6.45, 7) is 6.61. The third-order valence-corrected chi connectivity index (χ3v) is 4.84. The minimum Gasteiger partial charge on any atom is -0.346 e. The topological polar surface area (TPSA) is 49.4 Å². The van der Waals surface area contributed by atoms with Crippen LogP contribution < -0.4 is 10.2 Å². The number of rotatable bonds is 4. The van der Waals surface area contributed by atoms with Crippen LogP contribution in [0.3, 0.4) is 0 Å². The average molecular weight is 336 g/mol. The van der Waals surface area contributed by atoms with Crippen molar-refractivity contribution < 1.29 is 9.59 Å². The van der Waals surface area contributed by atoms with Crippen LogP contribution >= 0.6 is 0 Å². The van der Waals surface area contributed by atoms with Crippen molar-refractivity contribution in [2.75, 3.05) is 11.4 Å². The minimum atomic E-state index is -0.0844. The normalized spacial score (nSPS) is 14.1. The lowest BCUT2D eigenvalue weighted by atomic mass is 10.0. The van der Waals surface area contributed by atoms with E-state index >= 15 is 0 Å². The summed E-state index contributed by atoms with van der Waals surface area (Å²) in [5, 5.41) is 3.07. The zero-order valence-electron chi connectivity index (χ0n) is 15.0. The van der Waals surface area contributed by atoms with Crippen molar-refractivity contribution in [1.29, 1.82) is 0 Å². The summed E-state index contributed by atoms with van der Waals surface area (Å²) in [6, 6.07) is 13.6. The molecule has 0 unspecified atom stereocenters. The zero-order valence-corrected chi connectivity index (χ0v) is 15.0. The van der Waals surface area contributed by atoms with Crippen molar-refractivity contribution in [3.63, 3.8) is 0 Å². The summed E-state index contributed by atoms with van der Waals surface area (Å²) in [4.78, 5) is 26.4. The first kappa shape index (κ1) is 17.2. The summed E-state index contributed by atoms with van der Waals surface area (Å²) in [6.07, 6.45) is 1.30. The third-order valence-electron chi connectivity index (χ3n) is 4.84. The van der Waals surface area contributed by atoms with E-state index in [4.69, 9.17) is 0 Å². The molecule has 0 radical (unpaired) electrons. The standard InChI is InChI=1S/C21H24N2O2/c1-4-20(24)23-12-11-16-13-17(9-10-19(16)23)21(25)22-15(3)18-8-6-5-7-14(18)2/h5-10,13,15H,4,11-12H2,1-3H3,(H,22,25)/t15-/m1/s1. The maximum Gasteiger partial charge on any atom is 0.251 e. The van der Waals surface area contributed by atoms with Crippen molar-refractivity contribution >= 4 is 17.5 Å². The molecule has 2 aromatic rings. The van der Waals surface area contributed by atoms with Crippen molar-refractivity contribution in [3.8, 4) is 0 Å². The highest BCUT2D eigenvalue weighted by Gasteiger charge is 2.24. The third kappa shape index (κ3) is 3.43. The van der Waals surface area contributed by atoms with Gasteiger partial charge in [-0.15, -0.1) is 0 Å². The van der Waals surface area contributed by atoms with Crippen molar-refractivity contribution in [1.82, 2.24) is 5.32 Å². The molecule has 0 bridgehead atoms. The maximum absolute atomic E-state index is 12.6. The molecule has 0 aromatic heterocycles. The molecular formula is C21H24N2O2. The summed E-state index contributed by atoms with van der Waals surface area (Å²) < 4.78 is 0. The van der Waals surface area contributed by atoms with Gasteiger partial charge in [-0.25, -0.2) is 0 Å². The van der Waals surface area contributed by atoms with Gasteiger partial charge in [0.05, 0.1) is 6.04 Å². The number of hydrogen-bond acceptors (Lipinski definition) is 2. The average Bonchev–Trinajstić information content (AvgIpc) is 3.04. The molecule has 2 amide bonds. The maximum atomic E-state index is 12.6. The highest BCUT2D eigenvalue weighted by molar-refractivity contribution is 5.98. The van der Waals surface area contributed by atoms with Crippen molar-refractivity contribution in [2.24, 2.45) is 0 Å². The van der Waals surface area contributed by atoms with Gasteiger partial charge in [-0.2, -0.15) is 0 Å². The molecular weight excluding hydrogens is 312 g/mol. The van der Waals surface area contributed by atoms with Crippen LogP contribution in [0.25, 0.3) is 0 Å². The second-order valence-electron chi connectivity index (χ2n) is 6.54. The summed E-state index contributed by atoms with van der Waals surface area (Å²) >= 11 is 0. The Kier molecular flexibility index (Phi) is 4.88. The van der Waals surface area contributed by atoms with Gasteiger partial charge in [-0.1, -0.05) is 31.2 Å². The minimum absolute atomic E-state index is 0.0554. The van der Waals surface area contributed by atoms with E-state index < -0.39 is 0 Å². The molecule has 1 heterocycles. The Morgan fingerprint density at radius 2 is 1.96 bits per heavy atom. The quantitative estimate of drug-likeness (QED) is 0.923. The smallest absolute Gasteiger partial charge is 0.251 e. The summed E-state index contributed by atoms with van der Waals surface area (Å²) in [5.74, 6) is 0.0444. The van der Waals surface area contributed by atoms with Gasteiger partial charge in [-0.3, -0.25) is 9.59 Å². The number of anilines is 1. The Balaban J connectivity index is 1.76. The largest absolute Gasteiger partial charge is 0.346 e. The molecule has 1 atom stereocenters. The number of carbonyl (C=O) groups excluding carboxylic acids is 2. The fraction of sp³-hybridized carbons (Fsp3) is 0.333. The van der Waals surface area contributed by atoms with Gasteiger partial charge >= 0.3 is 0 Å². The summed E-state index contributed by atoms with van der Waals surface area (Å²) in [5.41, 5.74) is 4.94. The number of amides is 2. The Labute approximate surface area is 148 Å². The van der Waals surface area contributed by atoms with Gasteiger partial charge in [0.25, 0.3) is 5.91 Å². The number of nitrogens with one attached hydrogen (secondary N) is 1. The van der Waals surface area contributed by atoms with Crippen LogP contribution in [-0.4, -0.2) is 18.4 Å². The van der Waals surface area contributed by atoms with E-state index in [1.54, 1.807) is 6.07 Å². The van der Waals surface area contributed by atoms with E-state index in [1.807, 2.05) is 62.1 Å². The van der Waals surface area contributed by atoms with E-state index in [0.29, 0.717) is 18.5 Å².